The van der Waals surface area contributed by atoms with Crippen LogP contribution in [0.3, 0.4) is 0 Å². The van der Waals surface area contributed by atoms with E-state index in [-0.39, 0.29) is 6.61 Å². The van der Waals surface area contributed by atoms with Gasteiger partial charge in [0.1, 0.15) is 18.5 Å². The summed E-state index contributed by atoms with van der Waals surface area (Å²) in [6, 6.07) is 15.2. The van der Waals surface area contributed by atoms with Gasteiger partial charge < -0.3 is 9.84 Å². The Morgan fingerprint density at radius 2 is 1.38 bits per heavy atom. The number of aliphatic hydroxyl groups is 1. The summed E-state index contributed by atoms with van der Waals surface area (Å²) in [5.41, 5.74) is 1.28. The largest absolute Gasteiger partial charge is 0.491 e. The molecule has 0 aromatic heterocycles. The number of halogens is 2. The van der Waals surface area contributed by atoms with Crippen molar-refractivity contribution in [3.05, 3.63) is 64.1 Å². The molecule has 26 heavy (non-hydrogen) atoms. The molecule has 0 spiro atoms. The van der Waals surface area contributed by atoms with Crippen molar-refractivity contribution >= 4 is 23.2 Å². The predicted octanol–water partition coefficient (Wildman–Crippen LogP) is 3.55. The number of β-amino-alcohol motifs (C(OH)–C–C–N with tert-alkyl or cyclic N) is 1. The summed E-state index contributed by atoms with van der Waals surface area (Å²) >= 11 is 11.8. The molecule has 2 aromatic carbocycles. The van der Waals surface area contributed by atoms with E-state index in [0.717, 1.165) is 43.5 Å². The van der Waals surface area contributed by atoms with Gasteiger partial charge in [-0.25, -0.2) is 0 Å². The molecule has 0 amide bonds. The van der Waals surface area contributed by atoms with Crippen LogP contribution in [0.5, 0.6) is 5.75 Å². The lowest BCUT2D eigenvalue weighted by atomic mass is 10.2. The monoisotopic (exact) mass is 394 g/mol. The van der Waals surface area contributed by atoms with Gasteiger partial charge in [0.15, 0.2) is 0 Å². The quantitative estimate of drug-likeness (QED) is 0.778. The van der Waals surface area contributed by atoms with Gasteiger partial charge in [-0.05, 0) is 42.0 Å². The zero-order chi connectivity index (χ0) is 18.4. The summed E-state index contributed by atoms with van der Waals surface area (Å²) in [4.78, 5) is 4.71. The van der Waals surface area contributed by atoms with Crippen molar-refractivity contribution in [3.63, 3.8) is 0 Å². The van der Waals surface area contributed by atoms with E-state index in [4.69, 9.17) is 27.9 Å². The molecule has 1 aliphatic rings. The van der Waals surface area contributed by atoms with Crippen molar-refractivity contribution in [1.29, 1.82) is 0 Å². The number of rotatable bonds is 7. The molecule has 140 valence electrons. The number of benzene rings is 2. The van der Waals surface area contributed by atoms with Crippen molar-refractivity contribution in [2.24, 2.45) is 0 Å². The Morgan fingerprint density at radius 3 is 2.00 bits per heavy atom. The molecular weight excluding hydrogens is 371 g/mol. The Bertz CT molecular complexity index is 671. The van der Waals surface area contributed by atoms with Crippen LogP contribution in [0.1, 0.15) is 5.56 Å². The van der Waals surface area contributed by atoms with Crippen LogP contribution in [-0.4, -0.2) is 60.3 Å². The van der Waals surface area contributed by atoms with Crippen molar-refractivity contribution < 1.29 is 9.84 Å². The van der Waals surface area contributed by atoms with Crippen LogP contribution >= 0.6 is 23.2 Å². The van der Waals surface area contributed by atoms with Crippen LogP contribution in [0.4, 0.5) is 0 Å². The maximum atomic E-state index is 10.2. The third-order valence-electron chi connectivity index (χ3n) is 4.51. The van der Waals surface area contributed by atoms with Crippen LogP contribution in [-0.2, 0) is 6.54 Å². The molecule has 0 unspecified atom stereocenters. The molecule has 6 heteroatoms. The number of piperazine rings is 1. The first-order valence-corrected chi connectivity index (χ1v) is 9.60. The summed E-state index contributed by atoms with van der Waals surface area (Å²) in [7, 11) is 0. The lowest BCUT2D eigenvalue weighted by molar-refractivity contribution is 0.0446. The molecule has 2 aromatic rings. The van der Waals surface area contributed by atoms with Gasteiger partial charge in [-0.1, -0.05) is 35.3 Å². The molecule has 1 saturated heterocycles. The lowest BCUT2D eigenvalue weighted by Gasteiger charge is -2.35. The predicted molar refractivity (Wildman–Crippen MR) is 106 cm³/mol. The van der Waals surface area contributed by atoms with E-state index in [1.807, 2.05) is 24.3 Å². The van der Waals surface area contributed by atoms with E-state index in [0.29, 0.717) is 11.6 Å². The molecule has 1 atom stereocenters. The smallest absolute Gasteiger partial charge is 0.119 e. The Morgan fingerprint density at radius 1 is 0.846 bits per heavy atom. The standard InChI is InChI=1S/C20H24Cl2N2O2/c21-17-3-1-16(2-4-17)13-23-9-11-24(12-10-23)14-19(25)15-26-20-7-5-18(22)6-8-20/h1-8,19,25H,9-15H2/t19-/m0/s1. The van der Waals surface area contributed by atoms with E-state index in [2.05, 4.69) is 21.9 Å². The number of hydrogen-bond donors (Lipinski definition) is 1. The van der Waals surface area contributed by atoms with Gasteiger partial charge in [0, 0.05) is 49.3 Å². The first kappa shape index (κ1) is 19.5. The minimum Gasteiger partial charge on any atom is -0.491 e. The molecule has 1 heterocycles. The SMILES string of the molecule is O[C@H](COc1ccc(Cl)cc1)CN1CCN(Cc2ccc(Cl)cc2)CC1. The Balaban J connectivity index is 1.36. The molecular formula is C20H24Cl2N2O2. The summed E-state index contributed by atoms with van der Waals surface area (Å²) in [6.07, 6.45) is -0.506. The highest BCUT2D eigenvalue weighted by atomic mass is 35.5. The zero-order valence-corrected chi connectivity index (χ0v) is 16.2. The molecule has 0 saturated carbocycles. The van der Waals surface area contributed by atoms with Crippen molar-refractivity contribution in [1.82, 2.24) is 9.80 Å². The highest BCUT2D eigenvalue weighted by molar-refractivity contribution is 6.30. The average Bonchev–Trinajstić information content (AvgIpc) is 2.65. The van der Waals surface area contributed by atoms with Gasteiger partial charge in [-0.15, -0.1) is 0 Å². The molecule has 0 bridgehead atoms. The van der Waals surface area contributed by atoms with E-state index in [9.17, 15) is 5.11 Å². The van der Waals surface area contributed by atoms with E-state index in [1.165, 1.54) is 5.56 Å². The van der Waals surface area contributed by atoms with Crippen LogP contribution in [0.15, 0.2) is 48.5 Å². The normalized spacial score (nSPS) is 17.2. The molecule has 0 aliphatic carbocycles. The van der Waals surface area contributed by atoms with E-state index < -0.39 is 6.10 Å². The van der Waals surface area contributed by atoms with Gasteiger partial charge in [-0.3, -0.25) is 9.80 Å². The Kier molecular flexibility index (Phi) is 7.17. The van der Waals surface area contributed by atoms with Gasteiger partial charge in [0.05, 0.1) is 0 Å². The molecule has 0 radical (unpaired) electrons. The van der Waals surface area contributed by atoms with Crippen LogP contribution in [0, 0.1) is 0 Å². The molecule has 1 fully saturated rings. The summed E-state index contributed by atoms with van der Waals surface area (Å²) < 4.78 is 5.62. The fourth-order valence-corrected chi connectivity index (χ4v) is 3.30. The highest BCUT2D eigenvalue weighted by Gasteiger charge is 2.19. The fraction of sp³-hybridized carbons (Fsp3) is 0.400. The van der Waals surface area contributed by atoms with E-state index in [1.54, 1.807) is 12.1 Å². The van der Waals surface area contributed by atoms with Crippen molar-refractivity contribution in [2.75, 3.05) is 39.3 Å². The lowest BCUT2D eigenvalue weighted by Crippen LogP contribution is -2.48. The third-order valence-corrected chi connectivity index (χ3v) is 5.01. The summed E-state index contributed by atoms with van der Waals surface area (Å²) in [5, 5.41) is 11.7. The number of aliphatic hydroxyl groups excluding tert-OH is 1. The first-order valence-electron chi connectivity index (χ1n) is 8.84. The first-order chi connectivity index (χ1) is 12.6. The van der Waals surface area contributed by atoms with Gasteiger partial charge >= 0.3 is 0 Å². The average molecular weight is 395 g/mol. The number of nitrogens with zero attached hydrogens (tertiary/aromatic N) is 2. The van der Waals surface area contributed by atoms with Crippen molar-refractivity contribution in [2.45, 2.75) is 12.6 Å². The molecule has 1 N–H and O–H groups in total. The van der Waals surface area contributed by atoms with Gasteiger partial charge in [-0.2, -0.15) is 0 Å². The maximum Gasteiger partial charge on any atom is 0.119 e. The summed E-state index contributed by atoms with van der Waals surface area (Å²) in [5.74, 6) is 0.723. The Hall–Kier alpha value is -1.30. The minimum atomic E-state index is -0.506. The zero-order valence-electron chi connectivity index (χ0n) is 14.7. The van der Waals surface area contributed by atoms with Crippen LogP contribution in [0.25, 0.3) is 0 Å². The van der Waals surface area contributed by atoms with Crippen molar-refractivity contribution in [3.8, 4) is 5.75 Å². The number of hydrogen-bond acceptors (Lipinski definition) is 4. The highest BCUT2D eigenvalue weighted by Crippen LogP contribution is 2.16. The molecule has 4 nitrogen and oxygen atoms in total. The second kappa shape index (κ2) is 9.58. The number of ether oxygens (including phenoxy) is 1. The van der Waals surface area contributed by atoms with E-state index >= 15 is 0 Å². The fourth-order valence-electron chi connectivity index (χ4n) is 3.05. The molecule has 1 aliphatic heterocycles. The second-order valence-electron chi connectivity index (χ2n) is 6.62. The summed E-state index contributed by atoms with van der Waals surface area (Å²) in [6.45, 7) is 5.74. The topological polar surface area (TPSA) is 35.9 Å². The Labute approximate surface area is 164 Å². The van der Waals surface area contributed by atoms with Crippen LogP contribution < -0.4 is 4.74 Å². The molecule has 3 rings (SSSR count). The minimum absolute atomic E-state index is 0.284. The van der Waals surface area contributed by atoms with Gasteiger partial charge in [0.2, 0.25) is 0 Å². The van der Waals surface area contributed by atoms with Crippen LogP contribution in [0.2, 0.25) is 10.0 Å². The maximum absolute atomic E-state index is 10.2. The third kappa shape index (κ3) is 6.15. The van der Waals surface area contributed by atoms with Gasteiger partial charge in [0.25, 0.3) is 0 Å². The second-order valence-corrected chi connectivity index (χ2v) is 7.49.